The predicted molar refractivity (Wildman–Crippen MR) is 120 cm³/mol. The smallest absolute Gasteiger partial charge is 0.135 e. The van der Waals surface area contributed by atoms with Crippen molar-refractivity contribution < 1.29 is 5.11 Å². The van der Waals surface area contributed by atoms with E-state index in [0.29, 0.717) is 29.5 Å². The van der Waals surface area contributed by atoms with Crippen LogP contribution in [0.1, 0.15) is 5.01 Å². The lowest BCUT2D eigenvalue weighted by Gasteiger charge is -2.20. The van der Waals surface area contributed by atoms with Crippen LogP contribution in [0.3, 0.4) is 0 Å². The van der Waals surface area contributed by atoms with E-state index < -0.39 is 0 Å². The molecule has 5 nitrogen and oxygen atoms in total. The second-order valence-electron chi connectivity index (χ2n) is 7.38. The summed E-state index contributed by atoms with van der Waals surface area (Å²) in [5.74, 6) is 0.582. The van der Waals surface area contributed by atoms with Gasteiger partial charge in [-0.25, -0.2) is 4.98 Å². The Bertz CT molecular complexity index is 1040. The fourth-order valence-corrected chi connectivity index (χ4v) is 4.25. The molecule has 29 heavy (non-hydrogen) atoms. The van der Waals surface area contributed by atoms with Gasteiger partial charge in [0.05, 0.1) is 17.8 Å². The molecular formula is C23H24N4OS. The van der Waals surface area contributed by atoms with Gasteiger partial charge in [-0.15, -0.1) is 11.3 Å². The van der Waals surface area contributed by atoms with Crippen molar-refractivity contribution in [1.29, 1.82) is 5.41 Å². The molecule has 4 rings (SSSR count). The summed E-state index contributed by atoms with van der Waals surface area (Å²) in [6.07, 6.45) is 0. The monoisotopic (exact) mass is 404 g/mol. The average molecular weight is 405 g/mol. The Morgan fingerprint density at radius 3 is 2.38 bits per heavy atom. The van der Waals surface area contributed by atoms with E-state index in [1.807, 2.05) is 42.6 Å². The van der Waals surface area contributed by atoms with Gasteiger partial charge >= 0.3 is 0 Å². The van der Waals surface area contributed by atoms with Crippen molar-refractivity contribution in [3.8, 4) is 22.4 Å². The highest BCUT2D eigenvalue weighted by Crippen LogP contribution is 2.32. The molecule has 2 heterocycles. The number of likely N-dealkylation sites (N-methyl/N-ethyl adjacent to an activating group) is 1. The number of aliphatic hydroxyl groups is 1. The molecule has 0 fully saturated rings. The number of amidine groups is 1. The van der Waals surface area contributed by atoms with E-state index >= 15 is 0 Å². The Hall–Kier alpha value is -2.96. The molecule has 6 heteroatoms. The van der Waals surface area contributed by atoms with Crippen molar-refractivity contribution in [2.24, 2.45) is 0 Å². The quantitative estimate of drug-likeness (QED) is 0.630. The van der Waals surface area contributed by atoms with Crippen LogP contribution in [0.4, 0.5) is 0 Å². The molecule has 0 radical (unpaired) electrons. The molecule has 0 unspecified atom stereocenters. The molecule has 0 bridgehead atoms. The van der Waals surface area contributed by atoms with Gasteiger partial charge in [0.15, 0.2) is 0 Å². The number of aliphatic hydroxyl groups excluding tert-OH is 1. The third-order valence-electron chi connectivity index (χ3n) is 5.01. The van der Waals surface area contributed by atoms with Crippen LogP contribution in [0.25, 0.3) is 28.0 Å². The normalized spacial score (nSPS) is 14.3. The van der Waals surface area contributed by atoms with Crippen molar-refractivity contribution in [2.45, 2.75) is 0 Å². The van der Waals surface area contributed by atoms with Gasteiger partial charge in [0.2, 0.25) is 0 Å². The molecule has 0 aliphatic carbocycles. The van der Waals surface area contributed by atoms with Gasteiger partial charge in [-0.3, -0.25) is 5.41 Å². The van der Waals surface area contributed by atoms with Crippen LogP contribution >= 0.6 is 11.3 Å². The second kappa shape index (κ2) is 8.19. The summed E-state index contributed by atoms with van der Waals surface area (Å²) in [6.45, 7) is 1.92. The first-order valence-corrected chi connectivity index (χ1v) is 10.4. The van der Waals surface area contributed by atoms with E-state index in [2.05, 4.69) is 41.3 Å². The summed E-state index contributed by atoms with van der Waals surface area (Å²) in [5.41, 5.74) is 4.80. The Morgan fingerprint density at radius 2 is 1.69 bits per heavy atom. The summed E-state index contributed by atoms with van der Waals surface area (Å²) < 4.78 is 0. The number of nitrogens with one attached hydrogen (secondary N) is 1. The first kappa shape index (κ1) is 19.4. The van der Waals surface area contributed by atoms with Crippen LogP contribution in [-0.2, 0) is 0 Å². The van der Waals surface area contributed by atoms with Crippen molar-refractivity contribution in [3.63, 3.8) is 0 Å². The maximum absolute atomic E-state index is 10.4. The molecule has 0 spiro atoms. The van der Waals surface area contributed by atoms with Crippen LogP contribution in [-0.4, -0.2) is 59.5 Å². The highest BCUT2D eigenvalue weighted by atomic mass is 32.1. The van der Waals surface area contributed by atoms with Crippen LogP contribution in [0.5, 0.6) is 0 Å². The number of rotatable bonds is 6. The summed E-state index contributed by atoms with van der Waals surface area (Å²) in [7, 11) is 4.01. The standard InChI is InChI=1S/C23H24N4OS/c1-26(2)12-13-27-14-20(28)21(22(27)24)23-25-19(15-29-23)18-10-8-17(9-11-18)16-6-4-3-5-7-16/h3-11,15,24,28H,12-14H2,1-2H3. The van der Waals surface area contributed by atoms with E-state index in [1.165, 1.54) is 22.5 Å². The van der Waals surface area contributed by atoms with Gasteiger partial charge in [-0.2, -0.15) is 0 Å². The first-order chi connectivity index (χ1) is 14.0. The van der Waals surface area contributed by atoms with Crippen molar-refractivity contribution in [1.82, 2.24) is 14.8 Å². The van der Waals surface area contributed by atoms with Crippen molar-refractivity contribution in [2.75, 3.05) is 33.7 Å². The molecule has 148 valence electrons. The molecule has 0 atom stereocenters. The Balaban J connectivity index is 1.53. The third kappa shape index (κ3) is 4.09. The average Bonchev–Trinajstić information content (AvgIpc) is 3.31. The van der Waals surface area contributed by atoms with Gasteiger partial charge in [-0.05, 0) is 25.2 Å². The summed E-state index contributed by atoms with van der Waals surface area (Å²) in [5, 5.41) is 21.6. The zero-order valence-corrected chi connectivity index (χ0v) is 17.4. The Kier molecular flexibility index (Phi) is 5.47. The third-order valence-corrected chi connectivity index (χ3v) is 5.86. The highest BCUT2D eigenvalue weighted by Gasteiger charge is 2.30. The lowest BCUT2D eigenvalue weighted by molar-refractivity contribution is 0.313. The molecule has 3 aromatic rings. The van der Waals surface area contributed by atoms with E-state index in [9.17, 15) is 5.11 Å². The first-order valence-electron chi connectivity index (χ1n) is 9.55. The van der Waals surface area contributed by atoms with Gasteiger partial charge in [0.1, 0.15) is 16.6 Å². The molecule has 1 aromatic heterocycles. The molecule has 0 saturated heterocycles. The zero-order chi connectivity index (χ0) is 20.4. The fraction of sp³-hybridized carbons (Fsp3) is 0.217. The van der Waals surface area contributed by atoms with E-state index in [4.69, 9.17) is 10.4 Å². The number of aromatic nitrogens is 1. The Morgan fingerprint density at radius 1 is 1.03 bits per heavy atom. The molecule has 0 amide bonds. The van der Waals surface area contributed by atoms with Crippen LogP contribution in [0, 0.1) is 5.41 Å². The molecule has 0 saturated carbocycles. The highest BCUT2D eigenvalue weighted by molar-refractivity contribution is 7.11. The summed E-state index contributed by atoms with van der Waals surface area (Å²) in [6, 6.07) is 18.6. The minimum absolute atomic E-state index is 0.231. The maximum Gasteiger partial charge on any atom is 0.135 e. The largest absolute Gasteiger partial charge is 0.510 e. The van der Waals surface area contributed by atoms with Gasteiger partial charge in [0, 0.05) is 24.0 Å². The van der Waals surface area contributed by atoms with E-state index in [1.54, 1.807) is 0 Å². The number of thiazole rings is 1. The fourth-order valence-electron chi connectivity index (χ4n) is 3.36. The van der Waals surface area contributed by atoms with Crippen molar-refractivity contribution in [3.05, 3.63) is 70.7 Å². The molecule has 2 aromatic carbocycles. The SMILES string of the molecule is CN(C)CCN1CC(O)=C(c2nc(-c3ccc(-c4ccccc4)cc3)cs2)C1=N. The van der Waals surface area contributed by atoms with E-state index in [-0.39, 0.29) is 5.76 Å². The molecule has 1 aliphatic rings. The minimum atomic E-state index is 0.231. The minimum Gasteiger partial charge on any atom is -0.510 e. The topological polar surface area (TPSA) is 63.5 Å². The van der Waals surface area contributed by atoms with E-state index in [0.717, 1.165) is 17.8 Å². The number of hydrogen-bond acceptors (Lipinski definition) is 5. The number of benzene rings is 2. The van der Waals surface area contributed by atoms with Crippen LogP contribution in [0.15, 0.2) is 65.7 Å². The molecule has 2 N–H and O–H groups in total. The second-order valence-corrected chi connectivity index (χ2v) is 8.23. The number of nitrogens with zero attached hydrogens (tertiary/aromatic N) is 3. The van der Waals surface area contributed by atoms with Crippen LogP contribution in [0.2, 0.25) is 0 Å². The van der Waals surface area contributed by atoms with Gasteiger partial charge in [0.25, 0.3) is 0 Å². The molecule has 1 aliphatic heterocycles. The summed E-state index contributed by atoms with van der Waals surface area (Å²) in [4.78, 5) is 8.68. The Labute approximate surface area is 175 Å². The lowest BCUT2D eigenvalue weighted by Crippen LogP contribution is -2.33. The van der Waals surface area contributed by atoms with Crippen LogP contribution < -0.4 is 0 Å². The summed E-state index contributed by atoms with van der Waals surface area (Å²) >= 11 is 1.47. The predicted octanol–water partition coefficient (Wildman–Crippen LogP) is 4.60. The van der Waals surface area contributed by atoms with Gasteiger partial charge < -0.3 is 14.9 Å². The maximum atomic E-state index is 10.4. The zero-order valence-electron chi connectivity index (χ0n) is 16.6. The lowest BCUT2D eigenvalue weighted by atomic mass is 10.0. The molecular weight excluding hydrogens is 380 g/mol. The number of hydrogen-bond donors (Lipinski definition) is 2. The van der Waals surface area contributed by atoms with Crippen molar-refractivity contribution >= 4 is 22.7 Å². The van der Waals surface area contributed by atoms with Gasteiger partial charge in [-0.1, -0.05) is 54.6 Å².